The van der Waals surface area contributed by atoms with Crippen molar-refractivity contribution in [3.63, 3.8) is 0 Å². The van der Waals surface area contributed by atoms with E-state index >= 15 is 0 Å². The Morgan fingerprint density at radius 3 is 2.54 bits per heavy atom. The van der Waals surface area contributed by atoms with Crippen LogP contribution in [0.15, 0.2) is 30.3 Å². The number of rotatable bonds is 3. The smallest absolute Gasteiger partial charge is 0.163 e. The molecule has 0 atom stereocenters. The highest BCUT2D eigenvalue weighted by molar-refractivity contribution is 5.96. The zero-order chi connectivity index (χ0) is 9.10. The molecule has 1 aliphatic heterocycles. The molecule has 0 radical (unpaired) electrons. The monoisotopic (exact) mass is 175 g/mol. The van der Waals surface area contributed by atoms with Gasteiger partial charge in [-0.15, -0.1) is 0 Å². The highest BCUT2D eigenvalue weighted by atomic mass is 16.1. The van der Waals surface area contributed by atoms with Crippen molar-refractivity contribution in [3.8, 4) is 0 Å². The van der Waals surface area contributed by atoms with Crippen LogP contribution in [-0.4, -0.2) is 18.9 Å². The summed E-state index contributed by atoms with van der Waals surface area (Å²) in [5.74, 6) is 0.833. The summed E-state index contributed by atoms with van der Waals surface area (Å²) in [7, 11) is 0. The topological polar surface area (TPSA) is 29.1 Å². The van der Waals surface area contributed by atoms with Crippen molar-refractivity contribution in [3.05, 3.63) is 35.9 Å². The predicted octanol–water partition coefficient (Wildman–Crippen LogP) is 1.48. The molecule has 13 heavy (non-hydrogen) atoms. The Bertz CT molecular complexity index is 290. The second kappa shape index (κ2) is 3.71. The van der Waals surface area contributed by atoms with E-state index in [4.69, 9.17) is 0 Å². The maximum atomic E-state index is 11.6. The average Bonchev–Trinajstić information content (AvgIpc) is 2.12. The predicted molar refractivity (Wildman–Crippen MR) is 51.7 cm³/mol. The lowest BCUT2D eigenvalue weighted by Crippen LogP contribution is -2.42. The maximum absolute atomic E-state index is 11.6. The number of hydrogen-bond acceptors (Lipinski definition) is 2. The Hall–Kier alpha value is -1.15. The van der Waals surface area contributed by atoms with Crippen LogP contribution < -0.4 is 5.32 Å². The van der Waals surface area contributed by atoms with E-state index in [0.29, 0.717) is 12.3 Å². The van der Waals surface area contributed by atoms with Crippen LogP contribution >= 0.6 is 0 Å². The minimum Gasteiger partial charge on any atom is -0.316 e. The summed E-state index contributed by atoms with van der Waals surface area (Å²) in [6.45, 7) is 2.00. The summed E-state index contributed by atoms with van der Waals surface area (Å²) in [5.41, 5.74) is 0.842. The van der Waals surface area contributed by atoms with Crippen LogP contribution in [0.3, 0.4) is 0 Å². The molecule has 1 fully saturated rings. The summed E-state index contributed by atoms with van der Waals surface area (Å²) >= 11 is 0. The van der Waals surface area contributed by atoms with Gasteiger partial charge in [-0.2, -0.15) is 0 Å². The van der Waals surface area contributed by atoms with Crippen LogP contribution in [0.2, 0.25) is 0 Å². The molecule has 0 unspecified atom stereocenters. The van der Waals surface area contributed by atoms with Gasteiger partial charge in [-0.1, -0.05) is 30.3 Å². The number of carbonyl (C=O) groups excluding carboxylic acids is 1. The Labute approximate surface area is 78.0 Å². The lowest BCUT2D eigenvalue weighted by Gasteiger charge is -2.26. The largest absolute Gasteiger partial charge is 0.316 e. The molecule has 68 valence electrons. The van der Waals surface area contributed by atoms with E-state index in [2.05, 4.69) is 5.32 Å². The van der Waals surface area contributed by atoms with Gasteiger partial charge in [0.15, 0.2) is 5.78 Å². The second-order valence-electron chi connectivity index (χ2n) is 3.52. The molecule has 0 bridgehead atoms. The van der Waals surface area contributed by atoms with E-state index in [-0.39, 0.29) is 5.78 Å². The van der Waals surface area contributed by atoms with Gasteiger partial charge in [-0.3, -0.25) is 4.79 Å². The van der Waals surface area contributed by atoms with Crippen molar-refractivity contribution in [1.82, 2.24) is 5.32 Å². The lowest BCUT2D eigenvalue weighted by atomic mass is 9.94. The molecule has 1 aromatic rings. The van der Waals surface area contributed by atoms with Gasteiger partial charge in [0, 0.05) is 12.0 Å². The molecule has 0 amide bonds. The zero-order valence-corrected chi connectivity index (χ0v) is 7.49. The van der Waals surface area contributed by atoms with Crippen molar-refractivity contribution < 1.29 is 4.79 Å². The van der Waals surface area contributed by atoms with Gasteiger partial charge in [0.25, 0.3) is 0 Å². The van der Waals surface area contributed by atoms with Crippen LogP contribution in [0.5, 0.6) is 0 Å². The minimum atomic E-state index is 0.270. The molecule has 0 spiro atoms. The quantitative estimate of drug-likeness (QED) is 0.705. The normalized spacial score (nSPS) is 16.6. The Morgan fingerprint density at radius 1 is 1.31 bits per heavy atom. The van der Waals surface area contributed by atoms with E-state index in [1.54, 1.807) is 0 Å². The van der Waals surface area contributed by atoms with Crippen LogP contribution in [0.1, 0.15) is 16.8 Å². The van der Waals surface area contributed by atoms with E-state index < -0.39 is 0 Å². The average molecular weight is 175 g/mol. The fourth-order valence-corrected chi connectivity index (χ4v) is 1.50. The fourth-order valence-electron chi connectivity index (χ4n) is 1.50. The number of nitrogens with one attached hydrogen (secondary N) is 1. The molecule has 2 heteroatoms. The van der Waals surface area contributed by atoms with E-state index in [1.807, 2.05) is 30.3 Å². The molecule has 1 aromatic carbocycles. The van der Waals surface area contributed by atoms with Gasteiger partial charge in [-0.25, -0.2) is 0 Å². The molecule has 2 rings (SSSR count). The van der Waals surface area contributed by atoms with Crippen molar-refractivity contribution in [2.75, 3.05) is 13.1 Å². The molecule has 1 heterocycles. The van der Waals surface area contributed by atoms with E-state index in [9.17, 15) is 4.79 Å². The van der Waals surface area contributed by atoms with Gasteiger partial charge in [-0.05, 0) is 19.0 Å². The third-order valence-corrected chi connectivity index (χ3v) is 2.44. The summed E-state index contributed by atoms with van der Waals surface area (Å²) in [6.07, 6.45) is 0.691. The van der Waals surface area contributed by atoms with E-state index in [1.165, 1.54) is 0 Å². The summed E-state index contributed by atoms with van der Waals surface area (Å²) in [4.78, 5) is 11.6. The van der Waals surface area contributed by atoms with Crippen molar-refractivity contribution in [2.45, 2.75) is 6.42 Å². The minimum absolute atomic E-state index is 0.270. The van der Waals surface area contributed by atoms with Gasteiger partial charge in [0.2, 0.25) is 0 Å². The number of Topliss-reactive ketones (excluding diaryl/α,β-unsaturated/α-hetero) is 1. The van der Waals surface area contributed by atoms with Gasteiger partial charge in [0.1, 0.15) is 0 Å². The summed E-state index contributed by atoms with van der Waals surface area (Å²) in [5, 5.41) is 3.17. The standard InChI is InChI=1S/C11H13NO/c13-11(6-9-7-12-8-9)10-4-2-1-3-5-10/h1-5,9,12H,6-8H2. The SMILES string of the molecule is O=C(CC1CNC1)c1ccccc1. The molecule has 0 aromatic heterocycles. The number of hydrogen-bond donors (Lipinski definition) is 1. The fraction of sp³-hybridized carbons (Fsp3) is 0.364. The lowest BCUT2D eigenvalue weighted by molar-refractivity contribution is 0.0945. The first-order chi connectivity index (χ1) is 6.36. The first-order valence-corrected chi connectivity index (χ1v) is 4.65. The molecule has 1 N–H and O–H groups in total. The summed E-state index contributed by atoms with van der Waals surface area (Å²) < 4.78 is 0. The Morgan fingerprint density at radius 2 is 2.00 bits per heavy atom. The van der Waals surface area contributed by atoms with Crippen LogP contribution in [0.25, 0.3) is 0 Å². The van der Waals surface area contributed by atoms with Crippen molar-refractivity contribution >= 4 is 5.78 Å². The first kappa shape index (κ1) is 8.45. The third kappa shape index (κ3) is 1.95. The summed E-state index contributed by atoms with van der Waals surface area (Å²) in [6, 6.07) is 9.52. The number of carbonyl (C=O) groups is 1. The van der Waals surface area contributed by atoms with Crippen LogP contribution in [-0.2, 0) is 0 Å². The number of benzene rings is 1. The van der Waals surface area contributed by atoms with E-state index in [0.717, 1.165) is 18.7 Å². The molecule has 0 aliphatic carbocycles. The highest BCUT2D eigenvalue weighted by Gasteiger charge is 2.20. The van der Waals surface area contributed by atoms with Crippen LogP contribution in [0, 0.1) is 5.92 Å². The molecule has 2 nitrogen and oxygen atoms in total. The molecule has 1 aliphatic rings. The zero-order valence-electron chi connectivity index (χ0n) is 7.49. The highest BCUT2D eigenvalue weighted by Crippen LogP contribution is 2.12. The third-order valence-electron chi connectivity index (χ3n) is 2.44. The Kier molecular flexibility index (Phi) is 2.41. The van der Waals surface area contributed by atoms with Crippen molar-refractivity contribution in [1.29, 1.82) is 0 Å². The van der Waals surface area contributed by atoms with Gasteiger partial charge in [0.05, 0.1) is 0 Å². The number of ketones is 1. The molecule has 1 saturated heterocycles. The molecular weight excluding hydrogens is 162 g/mol. The molecule has 0 saturated carbocycles. The maximum Gasteiger partial charge on any atom is 0.163 e. The molecular formula is C11H13NO. The second-order valence-corrected chi connectivity index (χ2v) is 3.52. The van der Waals surface area contributed by atoms with Crippen LogP contribution in [0.4, 0.5) is 0 Å². The first-order valence-electron chi connectivity index (χ1n) is 4.65. The van der Waals surface area contributed by atoms with Gasteiger partial charge >= 0.3 is 0 Å². The van der Waals surface area contributed by atoms with Gasteiger partial charge < -0.3 is 5.32 Å². The van der Waals surface area contributed by atoms with Crippen molar-refractivity contribution in [2.24, 2.45) is 5.92 Å². The Balaban J connectivity index is 1.97.